The Bertz CT molecular complexity index is 703. The molecule has 2 aromatic rings. The van der Waals surface area contributed by atoms with E-state index in [9.17, 15) is 8.96 Å². The summed E-state index contributed by atoms with van der Waals surface area (Å²) in [6.45, 7) is 3.05. The van der Waals surface area contributed by atoms with Crippen LogP contribution in [0.1, 0.15) is 19.4 Å². The topological polar surface area (TPSA) is 114 Å². The normalized spacial score (nSPS) is 13.5. The Labute approximate surface area is 138 Å². The van der Waals surface area contributed by atoms with Gasteiger partial charge in [0, 0.05) is 12.0 Å². The number of aromatic nitrogens is 4. The standard InChI is InChI=1S/C13H21FN5O4P/c1-3-22-24(20,23-4-2)9-21-11(6-14)5-10-7-18-19-12(10)16-8-17-13(19)15/h7-8,11H,3-6,9H2,1-2H3,(H2,15,16,17)/t11-/m1/s1. The summed E-state index contributed by atoms with van der Waals surface area (Å²) in [6.07, 6.45) is 1.87. The number of nitrogen functional groups attached to an aromatic ring is 1. The second-order valence-electron chi connectivity index (χ2n) is 4.86. The molecule has 1 atom stereocenters. The van der Waals surface area contributed by atoms with Gasteiger partial charge in [0.15, 0.2) is 5.65 Å². The van der Waals surface area contributed by atoms with E-state index in [4.69, 9.17) is 19.5 Å². The van der Waals surface area contributed by atoms with Gasteiger partial charge in [0.2, 0.25) is 5.95 Å². The van der Waals surface area contributed by atoms with Gasteiger partial charge in [-0.05, 0) is 13.8 Å². The zero-order chi connectivity index (χ0) is 17.6. The van der Waals surface area contributed by atoms with E-state index in [0.29, 0.717) is 11.2 Å². The van der Waals surface area contributed by atoms with Crippen LogP contribution >= 0.6 is 7.60 Å². The number of halogens is 1. The molecule has 2 heterocycles. The molecule has 0 aliphatic rings. The number of hydrogen-bond donors (Lipinski definition) is 1. The molecule has 2 rings (SSSR count). The first-order valence-corrected chi connectivity index (χ1v) is 9.24. The van der Waals surface area contributed by atoms with Gasteiger partial charge < -0.3 is 19.5 Å². The molecule has 0 amide bonds. The lowest BCUT2D eigenvalue weighted by molar-refractivity contribution is 0.0494. The summed E-state index contributed by atoms with van der Waals surface area (Å²) in [4.78, 5) is 7.91. The van der Waals surface area contributed by atoms with Crippen LogP contribution in [0.25, 0.3) is 5.65 Å². The van der Waals surface area contributed by atoms with E-state index in [1.54, 1.807) is 13.8 Å². The van der Waals surface area contributed by atoms with E-state index in [0.717, 1.165) is 0 Å². The molecule has 0 saturated carbocycles. The third-order valence-electron chi connectivity index (χ3n) is 3.14. The monoisotopic (exact) mass is 361 g/mol. The van der Waals surface area contributed by atoms with E-state index >= 15 is 0 Å². The average molecular weight is 361 g/mol. The zero-order valence-electron chi connectivity index (χ0n) is 13.6. The summed E-state index contributed by atoms with van der Waals surface area (Å²) in [6, 6.07) is 0. The zero-order valence-corrected chi connectivity index (χ0v) is 14.5. The predicted molar refractivity (Wildman–Crippen MR) is 85.5 cm³/mol. The van der Waals surface area contributed by atoms with Crippen molar-refractivity contribution in [3.8, 4) is 0 Å². The number of alkyl halides is 1. The van der Waals surface area contributed by atoms with Crippen LogP contribution in [-0.4, -0.2) is 51.9 Å². The van der Waals surface area contributed by atoms with Gasteiger partial charge in [-0.15, -0.1) is 0 Å². The minimum atomic E-state index is -3.39. The fourth-order valence-corrected chi connectivity index (χ4v) is 3.53. The van der Waals surface area contributed by atoms with Crippen molar-refractivity contribution < 1.29 is 22.7 Å². The average Bonchev–Trinajstić information content (AvgIpc) is 2.96. The molecule has 0 saturated heterocycles. The van der Waals surface area contributed by atoms with Crippen LogP contribution in [0.5, 0.6) is 0 Å². The van der Waals surface area contributed by atoms with Gasteiger partial charge in [-0.2, -0.15) is 9.61 Å². The smallest absolute Gasteiger partial charge is 0.356 e. The number of anilines is 1. The van der Waals surface area contributed by atoms with Crippen LogP contribution in [-0.2, 0) is 24.8 Å². The van der Waals surface area contributed by atoms with Crippen molar-refractivity contribution >= 4 is 19.2 Å². The third kappa shape index (κ3) is 4.47. The Kier molecular flexibility index (Phi) is 6.61. The number of ether oxygens (including phenoxy) is 1. The van der Waals surface area contributed by atoms with Crippen molar-refractivity contribution in [3.05, 3.63) is 18.1 Å². The van der Waals surface area contributed by atoms with Crippen molar-refractivity contribution in [2.24, 2.45) is 0 Å². The van der Waals surface area contributed by atoms with Gasteiger partial charge in [0.1, 0.15) is 19.3 Å². The van der Waals surface area contributed by atoms with Crippen LogP contribution < -0.4 is 5.73 Å². The maximum Gasteiger partial charge on any atom is 0.356 e. The summed E-state index contributed by atoms with van der Waals surface area (Å²) in [5.74, 6) is 0.182. The highest BCUT2D eigenvalue weighted by Gasteiger charge is 2.26. The lowest BCUT2D eigenvalue weighted by Gasteiger charge is -2.20. The summed E-state index contributed by atoms with van der Waals surface area (Å²) >= 11 is 0. The van der Waals surface area contributed by atoms with Crippen LogP contribution in [0.4, 0.5) is 10.3 Å². The van der Waals surface area contributed by atoms with Gasteiger partial charge >= 0.3 is 7.60 Å². The first-order chi connectivity index (χ1) is 11.5. The molecule has 134 valence electrons. The molecule has 2 N–H and O–H groups in total. The number of hydrogen-bond acceptors (Lipinski definition) is 8. The van der Waals surface area contributed by atoms with Crippen molar-refractivity contribution in [2.75, 3.05) is 32.0 Å². The molecule has 0 spiro atoms. The van der Waals surface area contributed by atoms with Crippen LogP contribution in [0, 0.1) is 0 Å². The summed E-state index contributed by atoms with van der Waals surface area (Å²) < 4.78 is 42.7. The Morgan fingerprint density at radius 3 is 2.67 bits per heavy atom. The molecule has 0 unspecified atom stereocenters. The Balaban J connectivity index is 2.06. The van der Waals surface area contributed by atoms with Crippen LogP contribution in [0.2, 0.25) is 0 Å². The number of nitrogens with zero attached hydrogens (tertiary/aromatic N) is 4. The lowest BCUT2D eigenvalue weighted by Crippen LogP contribution is -2.20. The summed E-state index contributed by atoms with van der Waals surface area (Å²) in [5.41, 5.74) is 6.81. The second kappa shape index (κ2) is 8.48. The van der Waals surface area contributed by atoms with Crippen molar-refractivity contribution in [1.82, 2.24) is 19.6 Å². The van der Waals surface area contributed by atoms with Gasteiger partial charge in [-0.1, -0.05) is 0 Å². The van der Waals surface area contributed by atoms with Crippen LogP contribution in [0.15, 0.2) is 12.5 Å². The van der Waals surface area contributed by atoms with Gasteiger partial charge in [-0.25, -0.2) is 14.4 Å². The van der Waals surface area contributed by atoms with Crippen molar-refractivity contribution in [3.63, 3.8) is 0 Å². The summed E-state index contributed by atoms with van der Waals surface area (Å²) in [7, 11) is -3.39. The Morgan fingerprint density at radius 1 is 1.33 bits per heavy atom. The first kappa shape index (κ1) is 18.7. The highest BCUT2D eigenvalue weighted by Crippen LogP contribution is 2.48. The first-order valence-electron chi connectivity index (χ1n) is 7.51. The minimum absolute atomic E-state index is 0.182. The number of rotatable bonds is 10. The summed E-state index contributed by atoms with van der Waals surface area (Å²) in [5, 5.41) is 4.06. The maximum absolute atomic E-state index is 13.3. The molecule has 0 aliphatic carbocycles. The molecule has 24 heavy (non-hydrogen) atoms. The van der Waals surface area contributed by atoms with E-state index < -0.39 is 20.4 Å². The fourth-order valence-electron chi connectivity index (χ4n) is 2.13. The Morgan fingerprint density at radius 2 is 2.04 bits per heavy atom. The predicted octanol–water partition coefficient (Wildman–Crippen LogP) is 1.83. The fraction of sp³-hybridized carbons (Fsp3) is 0.615. The molecule has 11 heteroatoms. The van der Waals surface area contributed by atoms with Crippen molar-refractivity contribution in [1.29, 1.82) is 0 Å². The maximum atomic E-state index is 13.3. The molecule has 2 aromatic heterocycles. The van der Waals surface area contributed by atoms with E-state index in [2.05, 4.69) is 15.1 Å². The molecular weight excluding hydrogens is 340 g/mol. The SMILES string of the molecule is CCOP(=O)(CO[C@@H](CF)Cc1cnn2c(N)ncnc12)OCC. The molecule has 0 fully saturated rings. The molecule has 9 nitrogen and oxygen atoms in total. The largest absolute Gasteiger partial charge is 0.368 e. The molecule has 0 aromatic carbocycles. The van der Waals surface area contributed by atoms with Crippen molar-refractivity contribution in [2.45, 2.75) is 26.4 Å². The lowest BCUT2D eigenvalue weighted by atomic mass is 10.1. The number of fused-ring (bicyclic) bond motifs is 1. The van der Waals surface area contributed by atoms with Gasteiger partial charge in [0.25, 0.3) is 0 Å². The quantitative estimate of drug-likeness (QED) is 0.638. The molecule has 0 radical (unpaired) electrons. The Hall–Kier alpha value is -1.61. The highest BCUT2D eigenvalue weighted by molar-refractivity contribution is 7.53. The van der Waals surface area contributed by atoms with Crippen LogP contribution in [0.3, 0.4) is 0 Å². The van der Waals surface area contributed by atoms with E-state index in [1.807, 2.05) is 0 Å². The molecule has 0 bridgehead atoms. The van der Waals surface area contributed by atoms with Gasteiger partial charge in [0.05, 0.1) is 25.5 Å². The van der Waals surface area contributed by atoms with Gasteiger partial charge in [-0.3, -0.25) is 4.57 Å². The highest BCUT2D eigenvalue weighted by atomic mass is 31.2. The molecule has 0 aliphatic heterocycles. The van der Waals surface area contributed by atoms with E-state index in [-0.39, 0.29) is 31.9 Å². The minimum Gasteiger partial charge on any atom is -0.368 e. The third-order valence-corrected chi connectivity index (χ3v) is 4.91. The molecular formula is C13H21FN5O4P. The number of nitrogens with two attached hydrogens (primary N) is 1. The second-order valence-corrected chi connectivity index (χ2v) is 6.86. The van der Waals surface area contributed by atoms with E-state index in [1.165, 1.54) is 17.0 Å².